The summed E-state index contributed by atoms with van der Waals surface area (Å²) in [4.78, 5) is 13.1. The van der Waals surface area contributed by atoms with Crippen LogP contribution in [0.15, 0.2) is 11.4 Å². The number of nitrogens with zero attached hydrogens (tertiary/aromatic N) is 1. The maximum atomic E-state index is 12.1. The Morgan fingerprint density at radius 2 is 2.35 bits per heavy atom. The van der Waals surface area contributed by atoms with Crippen molar-refractivity contribution >= 4 is 17.2 Å². The van der Waals surface area contributed by atoms with Gasteiger partial charge in [0.05, 0.1) is 6.54 Å². The Morgan fingerprint density at radius 1 is 1.65 bits per heavy atom. The van der Waals surface area contributed by atoms with Crippen LogP contribution in [0.3, 0.4) is 0 Å². The summed E-state index contributed by atoms with van der Waals surface area (Å²) in [6, 6.07) is 1.62. The molecular formula is C11H11F2NO2S. The molecule has 1 N–H and O–H groups in total. The molecule has 0 aromatic carbocycles. The van der Waals surface area contributed by atoms with E-state index in [0.717, 1.165) is 16.2 Å². The van der Waals surface area contributed by atoms with Crippen LogP contribution in [0.5, 0.6) is 0 Å². The highest BCUT2D eigenvalue weighted by molar-refractivity contribution is 7.12. The number of carbonyl (C=O) groups is 1. The second-order valence-corrected chi connectivity index (χ2v) is 4.12. The van der Waals surface area contributed by atoms with Gasteiger partial charge in [-0.15, -0.1) is 11.3 Å². The van der Waals surface area contributed by atoms with E-state index in [-0.39, 0.29) is 6.61 Å². The van der Waals surface area contributed by atoms with Crippen LogP contribution >= 0.6 is 11.3 Å². The van der Waals surface area contributed by atoms with Gasteiger partial charge >= 0.3 is 0 Å². The molecule has 0 spiro atoms. The van der Waals surface area contributed by atoms with Crippen molar-refractivity contribution in [1.29, 1.82) is 0 Å². The fraction of sp³-hybridized carbons (Fsp3) is 0.364. The number of amides is 1. The van der Waals surface area contributed by atoms with Crippen molar-refractivity contribution in [1.82, 2.24) is 4.90 Å². The summed E-state index contributed by atoms with van der Waals surface area (Å²) in [7, 11) is 1.32. The predicted octanol–water partition coefficient (Wildman–Crippen LogP) is 1.43. The van der Waals surface area contributed by atoms with Crippen molar-refractivity contribution in [3.63, 3.8) is 0 Å². The lowest BCUT2D eigenvalue weighted by atomic mass is 10.2. The Bertz CT molecular complexity index is 448. The molecule has 0 unspecified atom stereocenters. The smallest absolute Gasteiger partial charge is 0.265 e. The molecule has 0 bridgehead atoms. The molecule has 1 heterocycles. The van der Waals surface area contributed by atoms with E-state index >= 15 is 0 Å². The molecule has 1 amide bonds. The normalized spacial score (nSPS) is 9.94. The third-order valence-electron chi connectivity index (χ3n) is 1.92. The van der Waals surface area contributed by atoms with Gasteiger partial charge in [-0.3, -0.25) is 4.79 Å². The zero-order chi connectivity index (χ0) is 12.8. The fourth-order valence-electron chi connectivity index (χ4n) is 1.17. The van der Waals surface area contributed by atoms with Crippen LogP contribution < -0.4 is 0 Å². The van der Waals surface area contributed by atoms with E-state index in [1.54, 1.807) is 11.4 Å². The molecule has 0 atom stereocenters. The van der Waals surface area contributed by atoms with Gasteiger partial charge in [0.2, 0.25) is 0 Å². The van der Waals surface area contributed by atoms with Gasteiger partial charge in [-0.1, -0.05) is 11.8 Å². The first-order valence-electron chi connectivity index (χ1n) is 4.77. The van der Waals surface area contributed by atoms with Gasteiger partial charge in [-0.2, -0.15) is 0 Å². The Kier molecular flexibility index (Phi) is 5.07. The van der Waals surface area contributed by atoms with E-state index in [1.807, 2.05) is 0 Å². The number of alkyl halides is 2. The van der Waals surface area contributed by atoms with E-state index in [2.05, 4.69) is 11.8 Å². The standard InChI is InChI=1S/C11H11F2NO2S/c1-14(7-9(12)13)11(16)10-8(3-2-5-15)4-6-17-10/h4,6,9,15H,5,7H2,1H3. The maximum Gasteiger partial charge on any atom is 0.265 e. The Morgan fingerprint density at radius 3 is 2.94 bits per heavy atom. The lowest BCUT2D eigenvalue weighted by molar-refractivity contribution is 0.0624. The molecular weight excluding hydrogens is 248 g/mol. The summed E-state index contributed by atoms with van der Waals surface area (Å²) in [5.74, 6) is 4.54. The van der Waals surface area contributed by atoms with Gasteiger partial charge in [-0.05, 0) is 11.4 Å². The highest BCUT2D eigenvalue weighted by Gasteiger charge is 2.19. The number of rotatable bonds is 3. The van der Waals surface area contributed by atoms with Crippen LogP contribution in [0.4, 0.5) is 8.78 Å². The van der Waals surface area contributed by atoms with Crippen molar-refractivity contribution in [2.45, 2.75) is 6.43 Å². The third-order valence-corrected chi connectivity index (χ3v) is 2.82. The first kappa shape index (κ1) is 13.6. The van der Waals surface area contributed by atoms with E-state index in [4.69, 9.17) is 5.11 Å². The number of carbonyl (C=O) groups excluding carboxylic acids is 1. The van der Waals surface area contributed by atoms with E-state index in [0.29, 0.717) is 10.4 Å². The largest absolute Gasteiger partial charge is 0.384 e. The number of halogens is 2. The van der Waals surface area contributed by atoms with Gasteiger partial charge in [-0.25, -0.2) is 8.78 Å². The topological polar surface area (TPSA) is 40.5 Å². The van der Waals surface area contributed by atoms with Gasteiger partial charge in [0.15, 0.2) is 0 Å². The molecule has 6 heteroatoms. The number of hydrogen-bond acceptors (Lipinski definition) is 3. The Balaban J connectivity index is 2.85. The van der Waals surface area contributed by atoms with Crippen molar-refractivity contribution < 1.29 is 18.7 Å². The predicted molar refractivity (Wildman–Crippen MR) is 61.2 cm³/mol. The summed E-state index contributed by atoms with van der Waals surface area (Å²) < 4.78 is 24.3. The average Bonchev–Trinajstić information content (AvgIpc) is 2.72. The van der Waals surface area contributed by atoms with Crippen LogP contribution in [-0.2, 0) is 0 Å². The minimum atomic E-state index is -2.56. The van der Waals surface area contributed by atoms with Crippen molar-refractivity contribution in [3.05, 3.63) is 21.9 Å². The first-order chi connectivity index (χ1) is 8.06. The molecule has 1 rings (SSSR count). The second kappa shape index (κ2) is 6.33. The van der Waals surface area contributed by atoms with Crippen LogP contribution in [0, 0.1) is 11.8 Å². The quantitative estimate of drug-likeness (QED) is 0.834. The molecule has 1 aromatic heterocycles. The van der Waals surface area contributed by atoms with Crippen molar-refractivity contribution in [2.75, 3.05) is 20.2 Å². The van der Waals surface area contributed by atoms with Gasteiger partial charge in [0.1, 0.15) is 11.5 Å². The zero-order valence-electron chi connectivity index (χ0n) is 9.11. The van der Waals surface area contributed by atoms with Crippen LogP contribution in [0.1, 0.15) is 15.2 Å². The summed E-state index contributed by atoms with van der Waals surface area (Å²) in [6.07, 6.45) is -2.56. The van der Waals surface area contributed by atoms with Crippen molar-refractivity contribution in [2.24, 2.45) is 0 Å². The molecule has 0 fully saturated rings. The van der Waals surface area contributed by atoms with E-state index < -0.39 is 18.9 Å². The number of hydrogen-bond donors (Lipinski definition) is 1. The monoisotopic (exact) mass is 259 g/mol. The summed E-state index contributed by atoms with van der Waals surface area (Å²) in [6.45, 7) is -0.917. The molecule has 0 saturated carbocycles. The molecule has 17 heavy (non-hydrogen) atoms. The van der Waals surface area contributed by atoms with Crippen LogP contribution in [0.2, 0.25) is 0 Å². The number of thiophene rings is 1. The van der Waals surface area contributed by atoms with E-state index in [9.17, 15) is 13.6 Å². The summed E-state index contributed by atoms with van der Waals surface area (Å²) in [5.41, 5.74) is 0.454. The van der Waals surface area contributed by atoms with Gasteiger partial charge in [0, 0.05) is 12.6 Å². The average molecular weight is 259 g/mol. The lowest BCUT2D eigenvalue weighted by Gasteiger charge is -2.15. The molecule has 0 aliphatic heterocycles. The van der Waals surface area contributed by atoms with Crippen LogP contribution in [-0.4, -0.2) is 42.5 Å². The SMILES string of the molecule is CN(CC(F)F)C(=O)c1sccc1C#CCO. The lowest BCUT2D eigenvalue weighted by Crippen LogP contribution is -2.31. The third kappa shape index (κ3) is 3.80. The van der Waals surface area contributed by atoms with Crippen molar-refractivity contribution in [3.8, 4) is 11.8 Å². The molecule has 0 aliphatic carbocycles. The summed E-state index contributed by atoms with van der Waals surface area (Å²) >= 11 is 1.14. The first-order valence-corrected chi connectivity index (χ1v) is 5.65. The maximum absolute atomic E-state index is 12.1. The summed E-state index contributed by atoms with van der Waals surface area (Å²) in [5, 5.41) is 10.2. The fourth-order valence-corrected chi connectivity index (χ4v) is 2.01. The molecule has 3 nitrogen and oxygen atoms in total. The molecule has 92 valence electrons. The molecule has 1 aromatic rings. The minimum absolute atomic E-state index is 0.309. The van der Waals surface area contributed by atoms with Crippen LogP contribution in [0.25, 0.3) is 0 Å². The van der Waals surface area contributed by atoms with E-state index in [1.165, 1.54) is 7.05 Å². The van der Waals surface area contributed by atoms with Gasteiger partial charge < -0.3 is 10.0 Å². The molecule has 0 radical (unpaired) electrons. The van der Waals surface area contributed by atoms with Gasteiger partial charge in [0.25, 0.3) is 12.3 Å². The highest BCUT2D eigenvalue weighted by Crippen LogP contribution is 2.18. The minimum Gasteiger partial charge on any atom is -0.384 e. The Labute approximate surface area is 102 Å². The zero-order valence-corrected chi connectivity index (χ0v) is 9.93. The Hall–Kier alpha value is -1.45. The second-order valence-electron chi connectivity index (χ2n) is 3.20. The number of aliphatic hydroxyl groups is 1. The number of aliphatic hydroxyl groups excluding tert-OH is 1. The molecule has 0 saturated heterocycles. The molecule has 0 aliphatic rings. The highest BCUT2D eigenvalue weighted by atomic mass is 32.1.